The van der Waals surface area contributed by atoms with Gasteiger partial charge < -0.3 is 10.4 Å². The predicted octanol–water partition coefficient (Wildman–Crippen LogP) is 2.21. The summed E-state index contributed by atoms with van der Waals surface area (Å²) >= 11 is 1.38. The third-order valence-electron chi connectivity index (χ3n) is 3.61. The van der Waals surface area contributed by atoms with Gasteiger partial charge in [-0.25, -0.2) is 9.78 Å². The van der Waals surface area contributed by atoms with Crippen molar-refractivity contribution in [3.63, 3.8) is 0 Å². The van der Waals surface area contributed by atoms with E-state index in [4.69, 9.17) is 0 Å². The van der Waals surface area contributed by atoms with E-state index in [2.05, 4.69) is 10.3 Å². The molecular weight excluding hydrogens is 264 g/mol. The Hall–Kier alpha value is -1.43. The normalized spacial score (nSPS) is 26.9. The smallest absolute Gasteiger partial charge is 0.329 e. The molecule has 0 spiro atoms. The zero-order chi connectivity index (χ0) is 14.0. The first kappa shape index (κ1) is 14.0. The Morgan fingerprint density at radius 1 is 1.58 bits per heavy atom. The fourth-order valence-electron chi connectivity index (χ4n) is 2.66. The second-order valence-corrected chi connectivity index (χ2v) is 6.36. The Labute approximate surface area is 116 Å². The van der Waals surface area contributed by atoms with Gasteiger partial charge in [0.05, 0.1) is 5.01 Å². The maximum atomic E-state index is 12.1. The van der Waals surface area contributed by atoms with Crippen LogP contribution >= 0.6 is 11.3 Å². The Kier molecular flexibility index (Phi) is 3.89. The van der Waals surface area contributed by atoms with Gasteiger partial charge in [0.1, 0.15) is 11.2 Å². The van der Waals surface area contributed by atoms with Crippen molar-refractivity contribution in [3.8, 4) is 0 Å². The Morgan fingerprint density at radius 3 is 2.84 bits per heavy atom. The third-order valence-corrected chi connectivity index (χ3v) is 4.38. The maximum absolute atomic E-state index is 12.1. The zero-order valence-corrected chi connectivity index (χ0v) is 11.9. The molecule has 5 nitrogen and oxygen atoms in total. The number of hydrogen-bond donors (Lipinski definition) is 2. The van der Waals surface area contributed by atoms with Gasteiger partial charge in [-0.1, -0.05) is 19.8 Å². The van der Waals surface area contributed by atoms with Gasteiger partial charge in [-0.15, -0.1) is 11.3 Å². The van der Waals surface area contributed by atoms with Crippen LogP contribution in [0.3, 0.4) is 0 Å². The van der Waals surface area contributed by atoms with Crippen LogP contribution < -0.4 is 5.32 Å². The summed E-state index contributed by atoms with van der Waals surface area (Å²) in [5.41, 5.74) is -0.826. The lowest BCUT2D eigenvalue weighted by atomic mass is 9.76. The van der Waals surface area contributed by atoms with Gasteiger partial charge in [0.15, 0.2) is 0 Å². The topological polar surface area (TPSA) is 79.3 Å². The van der Waals surface area contributed by atoms with Crippen molar-refractivity contribution in [2.24, 2.45) is 5.92 Å². The lowest BCUT2D eigenvalue weighted by molar-refractivity contribution is -0.146. The minimum atomic E-state index is -1.13. The summed E-state index contributed by atoms with van der Waals surface area (Å²) in [4.78, 5) is 27.8. The lowest BCUT2D eigenvalue weighted by Gasteiger charge is -2.36. The molecule has 104 valence electrons. The highest BCUT2D eigenvalue weighted by Crippen LogP contribution is 2.32. The van der Waals surface area contributed by atoms with E-state index in [0.717, 1.165) is 17.8 Å². The van der Waals surface area contributed by atoms with Gasteiger partial charge in [-0.3, -0.25) is 4.79 Å². The van der Waals surface area contributed by atoms with E-state index < -0.39 is 11.5 Å². The molecule has 6 heteroatoms. The number of nitrogens with one attached hydrogen (secondary N) is 1. The number of carboxylic acids is 1. The van der Waals surface area contributed by atoms with Crippen molar-refractivity contribution >= 4 is 23.2 Å². The van der Waals surface area contributed by atoms with Crippen molar-refractivity contribution in [2.75, 3.05) is 0 Å². The zero-order valence-electron chi connectivity index (χ0n) is 11.1. The van der Waals surface area contributed by atoms with Crippen LogP contribution in [0.1, 0.15) is 48.1 Å². The minimum absolute atomic E-state index is 0.307. The number of rotatable bonds is 3. The number of amides is 1. The van der Waals surface area contributed by atoms with Crippen LogP contribution in [0.25, 0.3) is 0 Å². The number of nitrogens with zero attached hydrogens (tertiary/aromatic N) is 1. The van der Waals surface area contributed by atoms with Gasteiger partial charge in [0.25, 0.3) is 5.91 Å². The lowest BCUT2D eigenvalue weighted by Crippen LogP contribution is -2.56. The van der Waals surface area contributed by atoms with E-state index in [1.807, 2.05) is 13.8 Å². The SMILES string of the molecule is Cc1nc(C(=O)NC2(C(=O)O)CCCC(C)C2)cs1. The van der Waals surface area contributed by atoms with E-state index in [1.54, 1.807) is 5.38 Å². The van der Waals surface area contributed by atoms with E-state index >= 15 is 0 Å². The number of aryl methyl sites for hydroxylation is 1. The average Bonchev–Trinajstić information content (AvgIpc) is 2.75. The van der Waals surface area contributed by atoms with Gasteiger partial charge in [-0.2, -0.15) is 0 Å². The van der Waals surface area contributed by atoms with Gasteiger partial charge in [0, 0.05) is 5.38 Å². The molecule has 2 N–H and O–H groups in total. The van der Waals surface area contributed by atoms with E-state index in [1.165, 1.54) is 11.3 Å². The molecule has 1 aromatic rings. The molecule has 0 aromatic carbocycles. The molecule has 2 atom stereocenters. The standard InChI is InChI=1S/C13H18N2O3S/c1-8-4-3-5-13(6-8,12(17)18)15-11(16)10-7-19-9(2)14-10/h7-8H,3-6H2,1-2H3,(H,15,16)(H,17,18). The van der Waals surface area contributed by atoms with Crippen LogP contribution in [0.5, 0.6) is 0 Å². The summed E-state index contributed by atoms with van der Waals surface area (Å²) in [7, 11) is 0. The first-order valence-electron chi connectivity index (χ1n) is 6.41. The van der Waals surface area contributed by atoms with E-state index in [0.29, 0.717) is 24.5 Å². The van der Waals surface area contributed by atoms with Gasteiger partial charge >= 0.3 is 5.97 Å². The minimum Gasteiger partial charge on any atom is -0.480 e. The Balaban J connectivity index is 2.17. The van der Waals surface area contributed by atoms with E-state index in [-0.39, 0.29) is 5.91 Å². The van der Waals surface area contributed by atoms with Crippen LogP contribution in [-0.2, 0) is 4.79 Å². The average molecular weight is 282 g/mol. The molecule has 1 amide bonds. The number of thiazole rings is 1. The number of aromatic nitrogens is 1. The molecule has 0 radical (unpaired) electrons. The number of carbonyl (C=O) groups excluding carboxylic acids is 1. The molecule has 0 bridgehead atoms. The first-order chi connectivity index (χ1) is 8.93. The molecule has 1 heterocycles. The van der Waals surface area contributed by atoms with Crippen LogP contribution in [0, 0.1) is 12.8 Å². The molecule has 1 aliphatic rings. The Morgan fingerprint density at radius 2 is 2.32 bits per heavy atom. The Bertz CT molecular complexity index is 500. The van der Waals surface area contributed by atoms with Crippen LogP contribution in [0.2, 0.25) is 0 Å². The van der Waals surface area contributed by atoms with Crippen molar-refractivity contribution in [1.29, 1.82) is 0 Å². The van der Waals surface area contributed by atoms with Crippen molar-refractivity contribution in [2.45, 2.75) is 45.1 Å². The van der Waals surface area contributed by atoms with Crippen molar-refractivity contribution < 1.29 is 14.7 Å². The number of aliphatic carboxylic acids is 1. The summed E-state index contributed by atoms with van der Waals surface area (Å²) in [6.07, 6.45) is 2.81. The number of carboxylic acid groups (broad SMARTS) is 1. The fourth-order valence-corrected chi connectivity index (χ4v) is 3.25. The molecule has 2 unspecified atom stereocenters. The van der Waals surface area contributed by atoms with Crippen LogP contribution in [0.4, 0.5) is 0 Å². The largest absolute Gasteiger partial charge is 0.480 e. The van der Waals surface area contributed by atoms with Crippen molar-refractivity contribution in [1.82, 2.24) is 10.3 Å². The van der Waals surface area contributed by atoms with Crippen LogP contribution in [0.15, 0.2) is 5.38 Å². The summed E-state index contributed by atoms with van der Waals surface area (Å²) in [6, 6.07) is 0. The molecule has 19 heavy (non-hydrogen) atoms. The van der Waals surface area contributed by atoms with Crippen molar-refractivity contribution in [3.05, 3.63) is 16.1 Å². The van der Waals surface area contributed by atoms with E-state index in [9.17, 15) is 14.7 Å². The van der Waals surface area contributed by atoms with Gasteiger partial charge in [-0.05, 0) is 25.7 Å². The molecule has 0 saturated heterocycles. The second-order valence-electron chi connectivity index (χ2n) is 5.29. The number of carbonyl (C=O) groups is 2. The first-order valence-corrected chi connectivity index (χ1v) is 7.29. The fraction of sp³-hybridized carbons (Fsp3) is 0.615. The molecule has 1 aliphatic carbocycles. The quantitative estimate of drug-likeness (QED) is 0.891. The predicted molar refractivity (Wildman–Crippen MR) is 72.3 cm³/mol. The monoisotopic (exact) mass is 282 g/mol. The van der Waals surface area contributed by atoms with Gasteiger partial charge in [0.2, 0.25) is 0 Å². The van der Waals surface area contributed by atoms with Crippen LogP contribution in [-0.4, -0.2) is 27.5 Å². The second kappa shape index (κ2) is 5.28. The highest BCUT2D eigenvalue weighted by molar-refractivity contribution is 7.09. The summed E-state index contributed by atoms with van der Waals surface area (Å²) in [5.74, 6) is -1.03. The molecule has 1 aromatic heterocycles. The highest BCUT2D eigenvalue weighted by atomic mass is 32.1. The molecule has 1 saturated carbocycles. The maximum Gasteiger partial charge on any atom is 0.329 e. The molecule has 0 aliphatic heterocycles. The third kappa shape index (κ3) is 2.94. The highest BCUT2D eigenvalue weighted by Gasteiger charge is 2.43. The molecular formula is C13H18N2O3S. The molecule has 2 rings (SSSR count). The number of hydrogen-bond acceptors (Lipinski definition) is 4. The summed E-state index contributed by atoms with van der Waals surface area (Å²) < 4.78 is 0. The summed E-state index contributed by atoms with van der Waals surface area (Å²) in [5, 5.41) is 14.6. The summed E-state index contributed by atoms with van der Waals surface area (Å²) in [6.45, 7) is 3.84. The molecule has 1 fully saturated rings.